The summed E-state index contributed by atoms with van der Waals surface area (Å²) in [6, 6.07) is 9.66. The number of nitro benzene ring substituents is 1. The van der Waals surface area contributed by atoms with Crippen LogP contribution in [0.4, 0.5) is 11.4 Å². The molecular weight excluding hydrogens is 364 g/mol. The summed E-state index contributed by atoms with van der Waals surface area (Å²) in [5.74, 6) is 0.146. The maximum atomic E-state index is 12.0. The van der Waals surface area contributed by atoms with Crippen molar-refractivity contribution in [1.82, 2.24) is 5.43 Å². The van der Waals surface area contributed by atoms with Gasteiger partial charge in [0.05, 0.1) is 30.8 Å². The predicted octanol–water partition coefficient (Wildman–Crippen LogP) is 2.67. The van der Waals surface area contributed by atoms with E-state index in [1.54, 1.807) is 38.1 Å². The summed E-state index contributed by atoms with van der Waals surface area (Å²) >= 11 is 0. The molecule has 0 spiro atoms. The van der Waals surface area contributed by atoms with Crippen LogP contribution < -0.4 is 20.6 Å². The fourth-order valence-corrected chi connectivity index (χ4v) is 2.40. The number of nitrogens with one attached hydrogen (secondary N) is 1. The van der Waals surface area contributed by atoms with Crippen LogP contribution in [0, 0.1) is 10.1 Å². The zero-order chi connectivity index (χ0) is 20.5. The number of hydrazone groups is 1. The summed E-state index contributed by atoms with van der Waals surface area (Å²) in [7, 11) is 0. The van der Waals surface area contributed by atoms with Gasteiger partial charge >= 0.3 is 5.69 Å². The Morgan fingerprint density at radius 1 is 1.18 bits per heavy atom. The SMILES string of the molecule is CCOc1cc(OCC)c([N+](=O)[O-])cc1/C=N\NC(=O)Cc1ccc(N)cc1. The lowest BCUT2D eigenvalue weighted by molar-refractivity contribution is -0.385. The maximum Gasteiger partial charge on any atom is 0.311 e. The molecule has 0 saturated heterocycles. The molecule has 2 aromatic carbocycles. The number of anilines is 1. The van der Waals surface area contributed by atoms with Gasteiger partial charge in [-0.05, 0) is 31.5 Å². The Balaban J connectivity index is 2.15. The van der Waals surface area contributed by atoms with Crippen LogP contribution in [0.5, 0.6) is 11.5 Å². The minimum Gasteiger partial charge on any atom is -0.493 e. The first-order chi connectivity index (χ1) is 13.4. The Labute approximate surface area is 162 Å². The minimum absolute atomic E-state index is 0.112. The number of nitrogens with two attached hydrogens (primary N) is 1. The summed E-state index contributed by atoms with van der Waals surface area (Å²) in [6.07, 6.45) is 1.42. The molecule has 3 N–H and O–H groups in total. The van der Waals surface area contributed by atoms with E-state index in [0.29, 0.717) is 23.6 Å². The van der Waals surface area contributed by atoms with Crippen molar-refractivity contribution < 1.29 is 19.2 Å². The fraction of sp³-hybridized carbons (Fsp3) is 0.263. The van der Waals surface area contributed by atoms with E-state index in [-0.39, 0.29) is 30.4 Å². The molecule has 9 nitrogen and oxygen atoms in total. The number of ether oxygens (including phenoxy) is 2. The van der Waals surface area contributed by atoms with Gasteiger partial charge in [-0.25, -0.2) is 5.43 Å². The number of carbonyl (C=O) groups is 1. The third-order valence-corrected chi connectivity index (χ3v) is 3.63. The van der Waals surface area contributed by atoms with Gasteiger partial charge in [0.15, 0.2) is 0 Å². The molecule has 0 radical (unpaired) electrons. The smallest absolute Gasteiger partial charge is 0.311 e. The van der Waals surface area contributed by atoms with Gasteiger partial charge in [0.25, 0.3) is 0 Å². The number of rotatable bonds is 9. The summed E-state index contributed by atoms with van der Waals surface area (Å²) in [6.45, 7) is 4.15. The summed E-state index contributed by atoms with van der Waals surface area (Å²) in [5.41, 5.74) is 9.55. The number of nitrogen functional groups attached to an aromatic ring is 1. The molecule has 0 saturated carbocycles. The van der Waals surface area contributed by atoms with Gasteiger partial charge in [-0.2, -0.15) is 5.10 Å². The lowest BCUT2D eigenvalue weighted by Gasteiger charge is -2.10. The van der Waals surface area contributed by atoms with Crippen LogP contribution in [0.25, 0.3) is 0 Å². The van der Waals surface area contributed by atoms with Crippen LogP contribution in [-0.2, 0) is 11.2 Å². The third-order valence-electron chi connectivity index (χ3n) is 3.63. The van der Waals surface area contributed by atoms with E-state index >= 15 is 0 Å². The van der Waals surface area contributed by atoms with Gasteiger partial charge in [-0.15, -0.1) is 0 Å². The lowest BCUT2D eigenvalue weighted by atomic mass is 10.1. The highest BCUT2D eigenvalue weighted by atomic mass is 16.6. The van der Waals surface area contributed by atoms with Crippen molar-refractivity contribution in [3.63, 3.8) is 0 Å². The Morgan fingerprint density at radius 3 is 2.43 bits per heavy atom. The number of nitrogens with zero attached hydrogens (tertiary/aromatic N) is 2. The quantitative estimate of drug-likeness (QED) is 0.295. The van der Waals surface area contributed by atoms with Gasteiger partial charge in [-0.3, -0.25) is 14.9 Å². The molecule has 148 valence electrons. The van der Waals surface area contributed by atoms with Gasteiger partial charge in [0.2, 0.25) is 11.7 Å². The molecule has 0 atom stereocenters. The summed E-state index contributed by atoms with van der Waals surface area (Å²) in [4.78, 5) is 22.7. The molecular formula is C19H22N4O5. The topological polar surface area (TPSA) is 129 Å². The van der Waals surface area contributed by atoms with Crippen molar-refractivity contribution in [2.45, 2.75) is 20.3 Å². The van der Waals surface area contributed by atoms with Gasteiger partial charge in [-0.1, -0.05) is 12.1 Å². The number of amides is 1. The number of hydrogen-bond donors (Lipinski definition) is 2. The summed E-state index contributed by atoms with van der Waals surface area (Å²) < 4.78 is 10.8. The molecule has 0 bridgehead atoms. The number of hydrogen-bond acceptors (Lipinski definition) is 7. The van der Waals surface area contributed by atoms with Crippen LogP contribution in [0.3, 0.4) is 0 Å². The largest absolute Gasteiger partial charge is 0.493 e. The first kappa shape index (κ1) is 20.7. The predicted molar refractivity (Wildman–Crippen MR) is 106 cm³/mol. The normalized spacial score (nSPS) is 10.6. The second-order valence-corrected chi connectivity index (χ2v) is 5.69. The Bertz CT molecular complexity index is 865. The van der Waals surface area contributed by atoms with E-state index in [1.807, 2.05) is 0 Å². The van der Waals surface area contributed by atoms with E-state index in [2.05, 4.69) is 10.5 Å². The molecule has 0 fully saturated rings. The highest BCUT2D eigenvalue weighted by molar-refractivity contribution is 5.87. The highest BCUT2D eigenvalue weighted by Gasteiger charge is 2.19. The first-order valence-corrected chi connectivity index (χ1v) is 8.69. The fourth-order valence-electron chi connectivity index (χ4n) is 2.40. The number of carbonyl (C=O) groups excluding carboxylic acids is 1. The van der Waals surface area contributed by atoms with Crippen molar-refractivity contribution in [3.05, 3.63) is 57.6 Å². The second-order valence-electron chi connectivity index (χ2n) is 5.69. The second kappa shape index (κ2) is 9.91. The van der Waals surface area contributed by atoms with Gasteiger partial charge in [0.1, 0.15) is 5.75 Å². The van der Waals surface area contributed by atoms with E-state index in [4.69, 9.17) is 15.2 Å². The van der Waals surface area contributed by atoms with Crippen molar-refractivity contribution in [2.24, 2.45) is 5.10 Å². The molecule has 0 unspecified atom stereocenters. The third kappa shape index (κ3) is 5.70. The monoisotopic (exact) mass is 386 g/mol. The average Bonchev–Trinajstić information content (AvgIpc) is 2.65. The molecule has 28 heavy (non-hydrogen) atoms. The molecule has 0 aliphatic rings. The molecule has 0 aliphatic carbocycles. The molecule has 2 aromatic rings. The first-order valence-electron chi connectivity index (χ1n) is 8.69. The van der Waals surface area contributed by atoms with Crippen molar-refractivity contribution in [2.75, 3.05) is 18.9 Å². The minimum atomic E-state index is -0.544. The standard InChI is InChI=1S/C19H22N4O5/c1-3-27-17-11-18(28-4-2)16(23(25)26)10-14(17)12-21-22-19(24)9-13-5-7-15(20)8-6-13/h5-8,10-12H,3-4,9,20H2,1-2H3,(H,22,24)/b21-12-. The highest BCUT2D eigenvalue weighted by Crippen LogP contribution is 2.34. The molecule has 2 rings (SSSR count). The van der Waals surface area contributed by atoms with Crippen LogP contribution in [0.2, 0.25) is 0 Å². The Morgan fingerprint density at radius 2 is 1.82 bits per heavy atom. The van der Waals surface area contributed by atoms with Crippen molar-refractivity contribution >= 4 is 23.5 Å². The van der Waals surface area contributed by atoms with E-state index in [0.717, 1.165) is 5.56 Å². The van der Waals surface area contributed by atoms with Crippen LogP contribution in [0.15, 0.2) is 41.5 Å². The van der Waals surface area contributed by atoms with Crippen LogP contribution in [-0.4, -0.2) is 30.3 Å². The molecule has 0 aromatic heterocycles. The Kier molecular flexibility index (Phi) is 7.32. The molecule has 0 aliphatic heterocycles. The average molecular weight is 386 g/mol. The zero-order valence-corrected chi connectivity index (χ0v) is 15.7. The lowest BCUT2D eigenvalue weighted by Crippen LogP contribution is -2.19. The molecule has 0 heterocycles. The van der Waals surface area contributed by atoms with Gasteiger partial charge < -0.3 is 15.2 Å². The van der Waals surface area contributed by atoms with Gasteiger partial charge in [0, 0.05) is 23.4 Å². The number of nitro groups is 1. The molecule has 9 heteroatoms. The van der Waals surface area contributed by atoms with E-state index < -0.39 is 4.92 Å². The van der Waals surface area contributed by atoms with Crippen molar-refractivity contribution in [1.29, 1.82) is 0 Å². The Hall–Kier alpha value is -3.62. The number of benzene rings is 2. The molecule has 1 amide bonds. The maximum absolute atomic E-state index is 12.0. The van der Waals surface area contributed by atoms with E-state index in [1.165, 1.54) is 18.3 Å². The van der Waals surface area contributed by atoms with E-state index in [9.17, 15) is 14.9 Å². The zero-order valence-electron chi connectivity index (χ0n) is 15.7. The van der Waals surface area contributed by atoms with Crippen LogP contribution >= 0.6 is 0 Å². The summed E-state index contributed by atoms with van der Waals surface area (Å²) in [5, 5.41) is 15.2. The van der Waals surface area contributed by atoms with Crippen molar-refractivity contribution in [3.8, 4) is 11.5 Å². The van der Waals surface area contributed by atoms with Crippen LogP contribution in [0.1, 0.15) is 25.0 Å².